The lowest BCUT2D eigenvalue weighted by Crippen LogP contribution is -1.89. The molecule has 7 aromatic rings. The molecule has 5 heterocycles. The molecular formula is C44H30N4O. The van der Waals surface area contributed by atoms with Crippen molar-refractivity contribution in [3.8, 4) is 50.3 Å². The van der Waals surface area contributed by atoms with E-state index in [0.29, 0.717) is 5.56 Å². The molecule has 0 amide bonds. The molecule has 0 atom stereocenters. The molecule has 0 fully saturated rings. The third-order valence-electron chi connectivity index (χ3n) is 9.11. The van der Waals surface area contributed by atoms with E-state index >= 15 is 0 Å². The van der Waals surface area contributed by atoms with Gasteiger partial charge in [0.25, 0.3) is 0 Å². The van der Waals surface area contributed by atoms with Crippen molar-refractivity contribution in [3.63, 3.8) is 0 Å². The van der Waals surface area contributed by atoms with Crippen LogP contribution in [-0.2, 0) is 0 Å². The molecule has 2 aliphatic rings. The number of nitrogens with zero attached hydrogens (tertiary/aromatic N) is 2. The fourth-order valence-corrected chi connectivity index (χ4v) is 6.90. The van der Waals surface area contributed by atoms with Crippen LogP contribution in [0.15, 0.2) is 140 Å². The van der Waals surface area contributed by atoms with Gasteiger partial charge >= 0.3 is 0 Å². The molecule has 4 aromatic carbocycles. The summed E-state index contributed by atoms with van der Waals surface area (Å²) in [5.41, 5.74) is 14.6. The monoisotopic (exact) mass is 630 g/mol. The molecule has 0 spiro atoms. The molecule has 5 nitrogen and oxygen atoms in total. The quantitative estimate of drug-likeness (QED) is 0.181. The fourth-order valence-electron chi connectivity index (χ4n) is 6.90. The summed E-state index contributed by atoms with van der Waals surface area (Å²) in [5.74, 6) is 0.187. The van der Waals surface area contributed by atoms with Gasteiger partial charge in [0.15, 0.2) is 0 Å². The highest BCUT2D eigenvalue weighted by Crippen LogP contribution is 2.39. The van der Waals surface area contributed by atoms with Crippen LogP contribution in [0.5, 0.6) is 5.75 Å². The molecule has 9 rings (SSSR count). The molecule has 0 saturated carbocycles. The minimum absolute atomic E-state index is 0.187. The Hall–Kier alpha value is -6.72. The number of aromatic hydroxyl groups is 1. The minimum Gasteiger partial charge on any atom is -0.507 e. The Kier molecular flexibility index (Phi) is 6.87. The van der Waals surface area contributed by atoms with Crippen LogP contribution in [0.4, 0.5) is 0 Å². The number of nitrogens with one attached hydrogen (secondary N) is 2. The first-order chi connectivity index (χ1) is 24.2. The summed E-state index contributed by atoms with van der Waals surface area (Å²) in [5, 5.41) is 11.2. The Morgan fingerprint density at radius 3 is 1.06 bits per heavy atom. The van der Waals surface area contributed by atoms with Crippen LogP contribution in [-0.4, -0.2) is 25.0 Å². The van der Waals surface area contributed by atoms with Gasteiger partial charge in [0.05, 0.1) is 22.8 Å². The van der Waals surface area contributed by atoms with Gasteiger partial charge < -0.3 is 15.1 Å². The second-order valence-corrected chi connectivity index (χ2v) is 12.1. The zero-order valence-electron chi connectivity index (χ0n) is 26.4. The summed E-state index contributed by atoms with van der Waals surface area (Å²) in [6.45, 7) is 0. The lowest BCUT2D eigenvalue weighted by Gasteiger charge is -2.07. The lowest BCUT2D eigenvalue weighted by atomic mass is 10.0. The van der Waals surface area contributed by atoms with Gasteiger partial charge in [-0.3, -0.25) is 0 Å². The van der Waals surface area contributed by atoms with Crippen LogP contribution in [0.25, 0.3) is 90.9 Å². The molecule has 3 aromatic heterocycles. The van der Waals surface area contributed by atoms with Crippen LogP contribution in [0.1, 0.15) is 22.8 Å². The van der Waals surface area contributed by atoms with E-state index in [4.69, 9.17) is 9.97 Å². The first kappa shape index (κ1) is 28.5. The van der Waals surface area contributed by atoms with Crippen molar-refractivity contribution in [1.29, 1.82) is 0 Å². The van der Waals surface area contributed by atoms with E-state index in [-0.39, 0.29) is 5.75 Å². The second kappa shape index (κ2) is 11.8. The largest absolute Gasteiger partial charge is 0.507 e. The number of benzene rings is 4. The summed E-state index contributed by atoms with van der Waals surface area (Å²) in [4.78, 5) is 18.1. The van der Waals surface area contributed by atoms with Gasteiger partial charge in [-0.1, -0.05) is 109 Å². The van der Waals surface area contributed by atoms with Crippen molar-refractivity contribution < 1.29 is 5.11 Å². The van der Waals surface area contributed by atoms with Gasteiger partial charge in [0.1, 0.15) is 5.75 Å². The van der Waals surface area contributed by atoms with E-state index < -0.39 is 0 Å². The van der Waals surface area contributed by atoms with Crippen LogP contribution in [0, 0.1) is 0 Å². The lowest BCUT2D eigenvalue weighted by molar-refractivity contribution is 0.477. The Morgan fingerprint density at radius 2 is 0.673 bits per heavy atom. The molecule has 49 heavy (non-hydrogen) atoms. The number of fused-ring (bicyclic) bond motifs is 8. The normalized spacial score (nSPS) is 12.0. The Balaban J connectivity index is 1.49. The van der Waals surface area contributed by atoms with Crippen LogP contribution in [0.2, 0.25) is 0 Å². The maximum atomic E-state index is 11.2. The maximum absolute atomic E-state index is 11.2. The van der Waals surface area contributed by atoms with Crippen molar-refractivity contribution in [2.45, 2.75) is 0 Å². The van der Waals surface area contributed by atoms with Gasteiger partial charge in [0, 0.05) is 49.9 Å². The maximum Gasteiger partial charge on any atom is 0.123 e. The Labute approximate surface area is 283 Å². The summed E-state index contributed by atoms with van der Waals surface area (Å²) in [6.07, 6.45) is 8.31. The Bertz CT molecular complexity index is 2560. The average Bonchev–Trinajstić information content (AvgIpc) is 3.98. The molecule has 0 unspecified atom stereocenters. The van der Waals surface area contributed by atoms with Crippen LogP contribution >= 0.6 is 0 Å². The summed E-state index contributed by atoms with van der Waals surface area (Å²) in [7, 11) is 0. The van der Waals surface area contributed by atoms with Gasteiger partial charge in [-0.05, 0) is 71.3 Å². The Morgan fingerprint density at radius 1 is 0.347 bits per heavy atom. The summed E-state index contributed by atoms with van der Waals surface area (Å²) >= 11 is 0. The fraction of sp³-hybridized carbons (Fsp3) is 0. The highest BCUT2D eigenvalue weighted by Gasteiger charge is 2.19. The zero-order chi connectivity index (χ0) is 32.7. The van der Waals surface area contributed by atoms with E-state index in [0.717, 1.165) is 83.8 Å². The standard InChI is InChI=1S/C44H30N4O/c49-40-19-11-10-18-31(40)44-38-26-24-36(47-38)42(29-14-6-2-7-15-29)34-22-20-32(45-34)41(28-12-4-1-5-13-28)33-21-23-35(46-33)43(30-16-8-3-9-17-30)37-25-27-39(44)48-37/h1-27,45,48-49H. The van der Waals surface area contributed by atoms with Gasteiger partial charge in [-0.15, -0.1) is 0 Å². The first-order valence-corrected chi connectivity index (χ1v) is 16.3. The smallest absolute Gasteiger partial charge is 0.123 e. The average molecular weight is 631 g/mol. The van der Waals surface area contributed by atoms with Gasteiger partial charge in [-0.2, -0.15) is 0 Å². The van der Waals surface area contributed by atoms with Crippen molar-refractivity contribution in [1.82, 2.24) is 19.9 Å². The van der Waals surface area contributed by atoms with Crippen molar-refractivity contribution in [3.05, 3.63) is 162 Å². The number of hydrogen-bond donors (Lipinski definition) is 3. The number of phenols is 1. The summed E-state index contributed by atoms with van der Waals surface area (Å²) < 4.78 is 0. The predicted octanol–water partition coefficient (Wildman–Crippen LogP) is 11.0. The van der Waals surface area contributed by atoms with E-state index in [9.17, 15) is 5.11 Å². The number of H-pyrrole nitrogens is 2. The third kappa shape index (κ3) is 5.05. The second-order valence-electron chi connectivity index (χ2n) is 12.1. The first-order valence-electron chi connectivity index (χ1n) is 16.3. The van der Waals surface area contributed by atoms with Gasteiger partial charge in [-0.25, -0.2) is 9.97 Å². The number of hydrogen-bond acceptors (Lipinski definition) is 3. The van der Waals surface area contributed by atoms with E-state index in [1.807, 2.05) is 66.7 Å². The molecule has 5 heteroatoms. The van der Waals surface area contributed by atoms with Crippen molar-refractivity contribution in [2.24, 2.45) is 0 Å². The molecule has 8 bridgehead atoms. The third-order valence-corrected chi connectivity index (χ3v) is 9.11. The highest BCUT2D eigenvalue weighted by molar-refractivity contribution is 6.00. The molecule has 0 aliphatic carbocycles. The zero-order valence-corrected chi connectivity index (χ0v) is 26.4. The number of rotatable bonds is 4. The number of phenolic OH excluding ortho intramolecular Hbond substituents is 1. The number of para-hydroxylation sites is 1. The summed E-state index contributed by atoms with van der Waals surface area (Å²) in [6, 6.07) is 47.0. The van der Waals surface area contributed by atoms with Crippen LogP contribution < -0.4 is 0 Å². The van der Waals surface area contributed by atoms with Crippen molar-refractivity contribution in [2.75, 3.05) is 0 Å². The topological polar surface area (TPSA) is 77.6 Å². The number of aromatic nitrogens is 4. The van der Waals surface area contributed by atoms with Crippen molar-refractivity contribution >= 4 is 46.4 Å². The number of aromatic amines is 2. The predicted molar refractivity (Wildman–Crippen MR) is 202 cm³/mol. The molecule has 2 aliphatic heterocycles. The molecule has 3 N–H and O–H groups in total. The van der Waals surface area contributed by atoms with Gasteiger partial charge in [0.2, 0.25) is 0 Å². The molecule has 0 radical (unpaired) electrons. The minimum atomic E-state index is 0.187. The van der Waals surface area contributed by atoms with E-state index in [1.54, 1.807) is 6.07 Å². The molecule has 232 valence electrons. The SMILES string of the molecule is Oc1ccccc1-c1c2nc(c(-c3ccccc3)c3ccc([nH]3)c(-c3ccccc3)c3nc(c(-c4ccccc4)c4ccc1[nH]4)C=C3)C=C2. The molecular weight excluding hydrogens is 601 g/mol. The molecule has 0 saturated heterocycles. The van der Waals surface area contributed by atoms with E-state index in [1.165, 1.54) is 0 Å². The van der Waals surface area contributed by atoms with Crippen LogP contribution in [0.3, 0.4) is 0 Å². The highest BCUT2D eigenvalue weighted by atomic mass is 16.3. The van der Waals surface area contributed by atoms with E-state index in [2.05, 4.69) is 101 Å².